The summed E-state index contributed by atoms with van der Waals surface area (Å²) in [5.41, 5.74) is 0. The molecular formula is C9H18O5. The summed E-state index contributed by atoms with van der Waals surface area (Å²) in [5, 5.41) is 19.1. The van der Waals surface area contributed by atoms with Gasteiger partial charge >= 0.3 is 0 Å². The lowest BCUT2D eigenvalue weighted by molar-refractivity contribution is -0.0998. The van der Waals surface area contributed by atoms with Gasteiger partial charge in [0.1, 0.15) is 24.4 Å². The van der Waals surface area contributed by atoms with E-state index in [1.54, 1.807) is 14.0 Å². The molecule has 5 heteroatoms. The van der Waals surface area contributed by atoms with Gasteiger partial charge in [0.2, 0.25) is 0 Å². The molecule has 0 aromatic heterocycles. The van der Waals surface area contributed by atoms with E-state index in [-0.39, 0.29) is 12.2 Å². The minimum absolute atomic E-state index is 0.331. The first-order valence-corrected chi connectivity index (χ1v) is 4.65. The molecule has 0 aromatic carbocycles. The molecule has 0 radical (unpaired) electrons. The van der Waals surface area contributed by atoms with Crippen LogP contribution in [0.4, 0.5) is 0 Å². The average Bonchev–Trinajstić information content (AvgIpc) is 2.42. The van der Waals surface area contributed by atoms with E-state index < -0.39 is 18.3 Å². The van der Waals surface area contributed by atoms with Crippen LogP contribution in [0.5, 0.6) is 0 Å². The average molecular weight is 206 g/mol. The number of hydrogen-bond donors (Lipinski definition) is 2. The van der Waals surface area contributed by atoms with Crippen molar-refractivity contribution in [2.45, 2.75) is 37.4 Å². The quantitative estimate of drug-likeness (QED) is 0.627. The maximum absolute atomic E-state index is 9.65. The Kier molecular flexibility index (Phi) is 4.28. The minimum atomic E-state index is -0.912. The van der Waals surface area contributed by atoms with Gasteiger partial charge < -0.3 is 24.4 Å². The van der Waals surface area contributed by atoms with Crippen molar-refractivity contribution in [3.63, 3.8) is 0 Å². The highest BCUT2D eigenvalue weighted by molar-refractivity contribution is 4.92. The topological polar surface area (TPSA) is 68.2 Å². The second-order valence-corrected chi connectivity index (χ2v) is 3.52. The Morgan fingerprint density at radius 2 is 1.93 bits per heavy atom. The maximum atomic E-state index is 9.65. The van der Waals surface area contributed by atoms with E-state index in [1.165, 1.54) is 7.11 Å². The van der Waals surface area contributed by atoms with Crippen LogP contribution < -0.4 is 0 Å². The van der Waals surface area contributed by atoms with Crippen LogP contribution in [0.15, 0.2) is 0 Å². The predicted octanol–water partition coefficient (Wildman–Crippen LogP) is -0.843. The summed E-state index contributed by atoms with van der Waals surface area (Å²) < 4.78 is 15.4. The molecule has 14 heavy (non-hydrogen) atoms. The fourth-order valence-electron chi connectivity index (χ4n) is 1.65. The summed E-state index contributed by atoms with van der Waals surface area (Å²) in [7, 11) is 3.07. The molecule has 1 heterocycles. The Bertz CT molecular complexity index is 175. The summed E-state index contributed by atoms with van der Waals surface area (Å²) in [6.45, 7) is 2.05. The number of aliphatic hydroxyl groups excluding tert-OH is 2. The summed E-state index contributed by atoms with van der Waals surface area (Å²) in [6, 6.07) is 0. The molecule has 0 aromatic rings. The Labute approximate surface area is 83.6 Å². The number of ether oxygens (including phenoxy) is 3. The molecule has 0 spiro atoms. The van der Waals surface area contributed by atoms with Gasteiger partial charge in [-0.25, -0.2) is 0 Å². The highest BCUT2D eigenvalue weighted by Crippen LogP contribution is 2.24. The largest absolute Gasteiger partial charge is 0.388 e. The van der Waals surface area contributed by atoms with Crippen molar-refractivity contribution in [3.05, 3.63) is 0 Å². The number of hydrogen-bond acceptors (Lipinski definition) is 5. The van der Waals surface area contributed by atoms with E-state index in [1.807, 2.05) is 0 Å². The van der Waals surface area contributed by atoms with Crippen molar-refractivity contribution < 1.29 is 24.4 Å². The molecule has 2 unspecified atom stereocenters. The highest BCUT2D eigenvalue weighted by Gasteiger charge is 2.44. The normalized spacial score (nSPS) is 40.1. The zero-order valence-corrected chi connectivity index (χ0v) is 8.71. The maximum Gasteiger partial charge on any atom is 0.115 e. The van der Waals surface area contributed by atoms with Crippen molar-refractivity contribution in [3.8, 4) is 0 Å². The van der Waals surface area contributed by atoms with Gasteiger partial charge in [0.15, 0.2) is 0 Å². The molecular weight excluding hydrogens is 188 g/mol. The Morgan fingerprint density at radius 1 is 1.29 bits per heavy atom. The fraction of sp³-hybridized carbons (Fsp3) is 1.00. The van der Waals surface area contributed by atoms with Crippen molar-refractivity contribution in [2.75, 3.05) is 20.8 Å². The Morgan fingerprint density at radius 3 is 2.29 bits per heavy atom. The lowest BCUT2D eigenvalue weighted by Crippen LogP contribution is -2.41. The van der Waals surface area contributed by atoms with Crippen molar-refractivity contribution >= 4 is 0 Å². The zero-order valence-electron chi connectivity index (χ0n) is 8.71. The highest BCUT2D eigenvalue weighted by atomic mass is 16.6. The van der Waals surface area contributed by atoms with Gasteiger partial charge in [-0.15, -0.1) is 0 Å². The van der Waals surface area contributed by atoms with Crippen LogP contribution in [0.1, 0.15) is 6.92 Å². The standard InChI is InChI=1S/C9H18O5/c1-5-7(10)8(11)9(14-5)6(13-3)4-12-2/h5-11H,4H2,1-3H3/t5-,6?,7?,8-,9+/m0/s1. The van der Waals surface area contributed by atoms with Gasteiger partial charge in [-0.2, -0.15) is 0 Å². The van der Waals surface area contributed by atoms with Crippen LogP contribution in [0.2, 0.25) is 0 Å². The molecule has 0 amide bonds. The van der Waals surface area contributed by atoms with Gasteiger partial charge in [0.25, 0.3) is 0 Å². The monoisotopic (exact) mass is 206 g/mol. The van der Waals surface area contributed by atoms with Crippen LogP contribution in [0.3, 0.4) is 0 Å². The second kappa shape index (κ2) is 5.04. The van der Waals surface area contributed by atoms with Crippen molar-refractivity contribution in [1.82, 2.24) is 0 Å². The Hall–Kier alpha value is -0.200. The first-order chi connectivity index (χ1) is 6.61. The van der Waals surface area contributed by atoms with Gasteiger partial charge in [0.05, 0.1) is 12.7 Å². The third kappa shape index (κ3) is 2.24. The number of aliphatic hydroxyl groups is 2. The molecule has 84 valence electrons. The molecule has 0 bridgehead atoms. The van der Waals surface area contributed by atoms with E-state index in [0.717, 1.165) is 0 Å². The van der Waals surface area contributed by atoms with Gasteiger partial charge in [0, 0.05) is 14.2 Å². The first kappa shape index (κ1) is 11.9. The van der Waals surface area contributed by atoms with Crippen molar-refractivity contribution in [1.29, 1.82) is 0 Å². The Balaban J connectivity index is 2.58. The van der Waals surface area contributed by atoms with E-state index >= 15 is 0 Å². The molecule has 0 saturated carbocycles. The van der Waals surface area contributed by atoms with Crippen LogP contribution in [0.25, 0.3) is 0 Å². The second-order valence-electron chi connectivity index (χ2n) is 3.52. The number of rotatable bonds is 4. The van der Waals surface area contributed by atoms with Gasteiger partial charge in [-0.05, 0) is 6.92 Å². The van der Waals surface area contributed by atoms with Crippen LogP contribution in [0, 0.1) is 0 Å². The molecule has 5 atom stereocenters. The lowest BCUT2D eigenvalue weighted by Gasteiger charge is -2.23. The van der Waals surface area contributed by atoms with E-state index in [9.17, 15) is 10.2 Å². The molecule has 0 aliphatic carbocycles. The molecule has 1 aliphatic rings. The van der Waals surface area contributed by atoms with Gasteiger partial charge in [-0.1, -0.05) is 0 Å². The van der Waals surface area contributed by atoms with Gasteiger partial charge in [-0.3, -0.25) is 0 Å². The fourth-order valence-corrected chi connectivity index (χ4v) is 1.65. The molecule has 2 N–H and O–H groups in total. The molecule has 5 nitrogen and oxygen atoms in total. The molecule has 1 aliphatic heterocycles. The molecule has 1 fully saturated rings. The van der Waals surface area contributed by atoms with Crippen LogP contribution in [-0.4, -0.2) is 61.6 Å². The summed E-state index contributed by atoms with van der Waals surface area (Å²) in [5.74, 6) is 0. The summed E-state index contributed by atoms with van der Waals surface area (Å²) in [4.78, 5) is 0. The SMILES string of the molecule is COCC(OC)[C@H]1O[C@@H](C)C(O)[C@@H]1O. The lowest BCUT2D eigenvalue weighted by atomic mass is 10.0. The van der Waals surface area contributed by atoms with Crippen LogP contribution >= 0.6 is 0 Å². The third-order valence-electron chi connectivity index (χ3n) is 2.54. The van der Waals surface area contributed by atoms with E-state index in [4.69, 9.17) is 14.2 Å². The summed E-state index contributed by atoms with van der Waals surface area (Å²) in [6.07, 6.45) is -3.01. The van der Waals surface area contributed by atoms with E-state index in [0.29, 0.717) is 6.61 Å². The first-order valence-electron chi connectivity index (χ1n) is 4.65. The van der Waals surface area contributed by atoms with Crippen LogP contribution in [-0.2, 0) is 14.2 Å². The minimum Gasteiger partial charge on any atom is -0.388 e. The number of methoxy groups -OCH3 is 2. The summed E-state index contributed by atoms with van der Waals surface area (Å²) >= 11 is 0. The smallest absolute Gasteiger partial charge is 0.115 e. The molecule has 1 rings (SSSR count). The molecule has 1 saturated heterocycles. The van der Waals surface area contributed by atoms with E-state index in [2.05, 4.69) is 0 Å². The zero-order chi connectivity index (χ0) is 10.7. The predicted molar refractivity (Wildman–Crippen MR) is 49.0 cm³/mol. The third-order valence-corrected chi connectivity index (χ3v) is 2.54. The van der Waals surface area contributed by atoms with Crippen molar-refractivity contribution in [2.24, 2.45) is 0 Å².